The maximum absolute atomic E-state index is 12.6. The van der Waals surface area contributed by atoms with Crippen molar-refractivity contribution in [3.8, 4) is 11.5 Å². The Kier molecular flexibility index (Phi) is 12.0. The SMILES string of the molecule is COP(=O)(OC)OCC(C)(CCc1ccc(Sc2cc(OC(C)C)ccc2O)cc1Cl)NC(=O)OC(C)(C)C. The van der Waals surface area contributed by atoms with E-state index in [1.54, 1.807) is 45.9 Å². The van der Waals surface area contributed by atoms with Crippen LogP contribution in [-0.4, -0.2) is 49.3 Å². The summed E-state index contributed by atoms with van der Waals surface area (Å²) in [6, 6.07) is 10.7. The van der Waals surface area contributed by atoms with E-state index in [0.29, 0.717) is 28.5 Å². The van der Waals surface area contributed by atoms with Gasteiger partial charge in [-0.3, -0.25) is 13.6 Å². The summed E-state index contributed by atoms with van der Waals surface area (Å²) >= 11 is 7.99. The molecule has 9 nitrogen and oxygen atoms in total. The third-order valence-electron chi connectivity index (χ3n) is 5.29. The topological polar surface area (TPSA) is 113 Å². The van der Waals surface area contributed by atoms with Crippen molar-refractivity contribution in [1.82, 2.24) is 5.32 Å². The molecule has 0 aliphatic rings. The van der Waals surface area contributed by atoms with Crippen LogP contribution < -0.4 is 10.1 Å². The number of amides is 1. The van der Waals surface area contributed by atoms with Crippen molar-refractivity contribution in [2.24, 2.45) is 0 Å². The number of ether oxygens (including phenoxy) is 2. The number of rotatable bonds is 13. The first-order chi connectivity index (χ1) is 18.1. The van der Waals surface area contributed by atoms with Crippen LogP contribution in [0.1, 0.15) is 53.5 Å². The van der Waals surface area contributed by atoms with Crippen molar-refractivity contribution in [3.63, 3.8) is 0 Å². The molecular weight excluding hydrogens is 565 g/mol. The zero-order valence-electron chi connectivity index (χ0n) is 23.7. The predicted molar refractivity (Wildman–Crippen MR) is 153 cm³/mol. The van der Waals surface area contributed by atoms with Gasteiger partial charge in [-0.2, -0.15) is 0 Å². The van der Waals surface area contributed by atoms with Crippen LogP contribution in [0.25, 0.3) is 0 Å². The van der Waals surface area contributed by atoms with Crippen LogP contribution in [0.3, 0.4) is 0 Å². The molecule has 1 atom stereocenters. The van der Waals surface area contributed by atoms with Gasteiger partial charge in [-0.25, -0.2) is 9.36 Å². The molecule has 0 heterocycles. The van der Waals surface area contributed by atoms with Crippen molar-refractivity contribution in [3.05, 3.63) is 47.0 Å². The molecule has 0 radical (unpaired) electrons. The van der Waals surface area contributed by atoms with Crippen molar-refractivity contribution in [1.29, 1.82) is 0 Å². The number of alkyl carbamates (subject to hydrolysis) is 1. The van der Waals surface area contributed by atoms with Crippen LogP contribution in [-0.2, 0) is 29.3 Å². The minimum absolute atomic E-state index is 0.0120. The molecule has 218 valence electrons. The highest BCUT2D eigenvalue weighted by molar-refractivity contribution is 7.99. The number of aromatic hydroxyl groups is 1. The number of halogens is 1. The average Bonchev–Trinajstić information content (AvgIpc) is 2.82. The second-order valence-electron chi connectivity index (χ2n) is 10.4. The fourth-order valence-electron chi connectivity index (χ4n) is 3.38. The van der Waals surface area contributed by atoms with Gasteiger partial charge in [-0.1, -0.05) is 29.4 Å². The number of benzene rings is 2. The Morgan fingerprint density at radius 3 is 2.33 bits per heavy atom. The van der Waals surface area contributed by atoms with E-state index in [2.05, 4.69) is 5.32 Å². The molecule has 1 unspecified atom stereocenters. The number of carbonyl (C=O) groups excluding carboxylic acids is 1. The molecule has 0 saturated heterocycles. The minimum Gasteiger partial charge on any atom is -0.507 e. The Morgan fingerprint density at radius 2 is 1.77 bits per heavy atom. The van der Waals surface area contributed by atoms with Gasteiger partial charge in [0.1, 0.15) is 17.1 Å². The largest absolute Gasteiger partial charge is 0.507 e. The highest BCUT2D eigenvalue weighted by Gasteiger charge is 2.34. The minimum atomic E-state index is -3.77. The Labute approximate surface area is 240 Å². The Hall–Kier alpha value is -1.94. The molecule has 2 rings (SSSR count). The maximum atomic E-state index is 12.6. The van der Waals surface area contributed by atoms with Gasteiger partial charge in [-0.15, -0.1) is 0 Å². The Morgan fingerprint density at radius 1 is 1.10 bits per heavy atom. The zero-order valence-corrected chi connectivity index (χ0v) is 26.2. The normalized spacial score (nSPS) is 13.7. The molecular formula is C27H39ClNO8PS. The van der Waals surface area contributed by atoms with Gasteiger partial charge in [0.05, 0.1) is 23.1 Å². The lowest BCUT2D eigenvalue weighted by Crippen LogP contribution is -2.51. The lowest BCUT2D eigenvalue weighted by Gasteiger charge is -2.32. The predicted octanol–water partition coefficient (Wildman–Crippen LogP) is 7.62. The Balaban J connectivity index is 2.18. The van der Waals surface area contributed by atoms with Crippen LogP contribution in [0.15, 0.2) is 46.2 Å². The number of phosphoric ester groups is 1. The number of hydrogen-bond acceptors (Lipinski definition) is 9. The lowest BCUT2D eigenvalue weighted by atomic mass is 9.94. The van der Waals surface area contributed by atoms with E-state index in [1.165, 1.54) is 26.0 Å². The summed E-state index contributed by atoms with van der Waals surface area (Å²) in [5.41, 5.74) is -0.860. The number of carbonyl (C=O) groups is 1. The van der Waals surface area contributed by atoms with Gasteiger partial charge in [-0.05, 0) is 90.3 Å². The molecule has 1 amide bonds. The molecule has 0 aliphatic carbocycles. The van der Waals surface area contributed by atoms with Gasteiger partial charge in [0, 0.05) is 24.1 Å². The van der Waals surface area contributed by atoms with Crippen molar-refractivity contribution in [2.45, 2.75) is 81.4 Å². The number of phenolic OH excluding ortho intramolecular Hbond substituents is 1. The van der Waals surface area contributed by atoms with E-state index in [1.807, 2.05) is 32.0 Å². The molecule has 0 aromatic heterocycles. The van der Waals surface area contributed by atoms with Gasteiger partial charge >= 0.3 is 13.9 Å². The summed E-state index contributed by atoms with van der Waals surface area (Å²) in [6.07, 6.45) is 0.214. The summed E-state index contributed by atoms with van der Waals surface area (Å²) in [4.78, 5) is 14.0. The summed E-state index contributed by atoms with van der Waals surface area (Å²) < 4.78 is 38.8. The van der Waals surface area contributed by atoms with Gasteiger partial charge in [0.25, 0.3) is 0 Å². The molecule has 0 saturated carbocycles. The zero-order chi connectivity index (χ0) is 29.4. The average molecular weight is 604 g/mol. The van der Waals surface area contributed by atoms with E-state index in [9.17, 15) is 14.5 Å². The third-order valence-corrected chi connectivity index (χ3v) is 8.02. The van der Waals surface area contributed by atoms with Gasteiger partial charge < -0.3 is 19.9 Å². The number of nitrogens with one attached hydrogen (secondary N) is 1. The smallest absolute Gasteiger partial charge is 0.474 e. The van der Waals surface area contributed by atoms with E-state index in [-0.39, 0.29) is 18.5 Å². The molecule has 2 N–H and O–H groups in total. The standard InChI is InChI=1S/C27H39ClNO8PS/c1-18(2)36-20-10-12-23(30)24(15-20)39-21-11-9-19(22(28)16-21)13-14-27(6,17-35-38(32,33-7)34-8)29-25(31)37-26(3,4)5/h9-12,15-16,18,30H,13-14,17H2,1-8H3,(H,29,31). The summed E-state index contributed by atoms with van der Waals surface area (Å²) in [6.45, 7) is 10.7. The molecule has 0 aliphatic heterocycles. The molecule has 0 spiro atoms. The van der Waals surface area contributed by atoms with Crippen LogP contribution in [0.5, 0.6) is 11.5 Å². The highest BCUT2D eigenvalue weighted by Crippen LogP contribution is 2.48. The molecule has 2 aromatic rings. The molecule has 2 aromatic carbocycles. The van der Waals surface area contributed by atoms with Crippen LogP contribution in [0.2, 0.25) is 5.02 Å². The van der Waals surface area contributed by atoms with E-state index >= 15 is 0 Å². The first-order valence-electron chi connectivity index (χ1n) is 12.4. The van der Waals surface area contributed by atoms with E-state index in [0.717, 1.165) is 10.5 Å². The summed E-state index contributed by atoms with van der Waals surface area (Å²) in [7, 11) is -1.34. The lowest BCUT2D eigenvalue weighted by molar-refractivity contribution is 0.0389. The monoisotopic (exact) mass is 603 g/mol. The molecule has 0 fully saturated rings. The van der Waals surface area contributed by atoms with Crippen LogP contribution in [0, 0.1) is 0 Å². The van der Waals surface area contributed by atoms with E-state index < -0.39 is 25.1 Å². The van der Waals surface area contributed by atoms with Crippen molar-refractivity contribution >= 4 is 37.3 Å². The van der Waals surface area contributed by atoms with Crippen molar-refractivity contribution < 1.29 is 37.5 Å². The number of phosphoric acid groups is 1. The third kappa shape index (κ3) is 11.2. The number of hydrogen-bond donors (Lipinski definition) is 2. The van der Waals surface area contributed by atoms with Gasteiger partial charge in [0.2, 0.25) is 0 Å². The van der Waals surface area contributed by atoms with Gasteiger partial charge in [0.15, 0.2) is 0 Å². The van der Waals surface area contributed by atoms with Crippen molar-refractivity contribution in [2.75, 3.05) is 20.8 Å². The second-order valence-corrected chi connectivity index (χ2v) is 13.8. The van der Waals surface area contributed by atoms with Crippen LogP contribution in [0.4, 0.5) is 4.79 Å². The number of aryl methyl sites for hydroxylation is 1. The van der Waals surface area contributed by atoms with Crippen LogP contribution >= 0.6 is 31.2 Å². The summed E-state index contributed by atoms with van der Waals surface area (Å²) in [5.74, 6) is 0.809. The number of phenols is 1. The molecule has 12 heteroatoms. The maximum Gasteiger partial charge on any atom is 0.474 e. The highest BCUT2D eigenvalue weighted by atomic mass is 35.5. The first-order valence-corrected chi connectivity index (χ1v) is 15.1. The summed E-state index contributed by atoms with van der Waals surface area (Å²) in [5, 5.41) is 13.7. The Bertz CT molecular complexity index is 1160. The fourth-order valence-corrected chi connectivity index (χ4v) is 5.43. The van der Waals surface area contributed by atoms with E-state index in [4.69, 9.17) is 34.6 Å². The molecule has 39 heavy (non-hydrogen) atoms. The quantitative estimate of drug-likeness (QED) is 0.223. The fraction of sp³-hybridized carbons (Fsp3) is 0.519. The molecule has 0 bridgehead atoms. The first kappa shape index (κ1) is 33.3. The second kappa shape index (κ2) is 14.1.